The lowest BCUT2D eigenvalue weighted by Gasteiger charge is -2.21. The standard InChI is InChI=1S/C20H19FN2O4/c1-11-4-2-3-5-13(11)17(10-19(25)26)23-20(27)14-8-12-6-7-18(24)22-16(12)9-15(14)21/h2-5,8-9,17H,6-7,10H2,1H3,(H,22,24)(H,23,27)(H,25,26). The van der Waals surface area contributed by atoms with E-state index in [1.54, 1.807) is 12.1 Å². The fourth-order valence-electron chi connectivity index (χ4n) is 3.20. The van der Waals surface area contributed by atoms with Crippen LogP contribution in [0.3, 0.4) is 0 Å². The van der Waals surface area contributed by atoms with Crippen molar-refractivity contribution in [3.8, 4) is 0 Å². The van der Waals surface area contributed by atoms with E-state index in [1.165, 1.54) is 6.07 Å². The third-order valence-electron chi connectivity index (χ3n) is 4.58. The summed E-state index contributed by atoms with van der Waals surface area (Å²) in [6.07, 6.45) is 0.363. The van der Waals surface area contributed by atoms with E-state index in [0.29, 0.717) is 23.2 Å². The van der Waals surface area contributed by atoms with Gasteiger partial charge in [0.1, 0.15) is 5.82 Å². The second kappa shape index (κ2) is 7.57. The van der Waals surface area contributed by atoms with Gasteiger partial charge in [-0.2, -0.15) is 0 Å². The molecule has 0 saturated heterocycles. The van der Waals surface area contributed by atoms with E-state index < -0.39 is 23.7 Å². The van der Waals surface area contributed by atoms with E-state index in [9.17, 15) is 23.9 Å². The van der Waals surface area contributed by atoms with Crippen LogP contribution < -0.4 is 10.6 Å². The molecule has 2 aromatic carbocycles. The molecule has 2 aromatic rings. The molecule has 1 aliphatic rings. The summed E-state index contributed by atoms with van der Waals surface area (Å²) in [6.45, 7) is 1.82. The molecule has 1 aliphatic heterocycles. The Bertz CT molecular complexity index is 926. The van der Waals surface area contributed by atoms with Crippen LogP contribution in [0.15, 0.2) is 36.4 Å². The van der Waals surface area contributed by atoms with E-state index in [-0.39, 0.29) is 24.3 Å². The van der Waals surface area contributed by atoms with E-state index in [4.69, 9.17) is 0 Å². The molecular weight excluding hydrogens is 351 g/mol. The van der Waals surface area contributed by atoms with Crippen LogP contribution in [-0.4, -0.2) is 22.9 Å². The Morgan fingerprint density at radius 2 is 2.00 bits per heavy atom. The summed E-state index contributed by atoms with van der Waals surface area (Å²) in [4.78, 5) is 35.3. The topological polar surface area (TPSA) is 95.5 Å². The zero-order valence-corrected chi connectivity index (χ0v) is 14.7. The van der Waals surface area contributed by atoms with E-state index in [1.807, 2.05) is 19.1 Å². The Labute approximate surface area is 155 Å². The maximum absolute atomic E-state index is 14.4. The molecule has 140 valence electrons. The van der Waals surface area contributed by atoms with Crippen molar-refractivity contribution in [3.05, 3.63) is 64.5 Å². The van der Waals surface area contributed by atoms with Crippen LogP contribution in [0.1, 0.15) is 45.9 Å². The molecule has 0 spiro atoms. The van der Waals surface area contributed by atoms with Crippen molar-refractivity contribution < 1.29 is 23.9 Å². The number of carboxylic acid groups (broad SMARTS) is 1. The van der Waals surface area contributed by atoms with Gasteiger partial charge in [0.25, 0.3) is 5.91 Å². The minimum absolute atomic E-state index is 0.172. The molecule has 0 aliphatic carbocycles. The molecule has 6 nitrogen and oxygen atoms in total. The Morgan fingerprint density at radius 3 is 2.70 bits per heavy atom. The number of anilines is 1. The fraction of sp³-hybridized carbons (Fsp3) is 0.250. The van der Waals surface area contributed by atoms with Crippen LogP contribution >= 0.6 is 0 Å². The molecule has 3 N–H and O–H groups in total. The molecule has 27 heavy (non-hydrogen) atoms. The minimum Gasteiger partial charge on any atom is -0.481 e. The number of halogens is 1. The summed E-state index contributed by atoms with van der Waals surface area (Å²) in [5.41, 5.74) is 2.36. The largest absolute Gasteiger partial charge is 0.481 e. The lowest BCUT2D eigenvalue weighted by Crippen LogP contribution is -2.31. The van der Waals surface area contributed by atoms with Gasteiger partial charge in [-0.25, -0.2) is 4.39 Å². The average Bonchev–Trinajstić information content (AvgIpc) is 2.60. The molecule has 0 fully saturated rings. The molecule has 1 unspecified atom stereocenters. The van der Waals surface area contributed by atoms with E-state index >= 15 is 0 Å². The first kappa shape index (κ1) is 18.6. The van der Waals surface area contributed by atoms with Gasteiger partial charge >= 0.3 is 5.97 Å². The van der Waals surface area contributed by atoms with Gasteiger partial charge < -0.3 is 15.7 Å². The van der Waals surface area contributed by atoms with Crippen LogP contribution in [0.4, 0.5) is 10.1 Å². The second-order valence-corrected chi connectivity index (χ2v) is 6.52. The molecule has 0 bridgehead atoms. The van der Waals surface area contributed by atoms with E-state index in [0.717, 1.165) is 11.6 Å². The van der Waals surface area contributed by atoms with Gasteiger partial charge in [-0.3, -0.25) is 14.4 Å². The molecule has 1 heterocycles. The highest BCUT2D eigenvalue weighted by atomic mass is 19.1. The van der Waals surface area contributed by atoms with Crippen LogP contribution in [-0.2, 0) is 16.0 Å². The number of benzene rings is 2. The smallest absolute Gasteiger partial charge is 0.305 e. The lowest BCUT2D eigenvalue weighted by atomic mass is 9.97. The highest BCUT2D eigenvalue weighted by Gasteiger charge is 2.24. The van der Waals surface area contributed by atoms with Crippen LogP contribution in [0.5, 0.6) is 0 Å². The van der Waals surface area contributed by atoms with Crippen molar-refractivity contribution in [3.63, 3.8) is 0 Å². The van der Waals surface area contributed by atoms with Crippen molar-refractivity contribution in [1.29, 1.82) is 0 Å². The SMILES string of the molecule is Cc1ccccc1C(CC(=O)O)NC(=O)c1cc2c(cc1F)NC(=O)CC2. The van der Waals surface area contributed by atoms with Crippen molar-refractivity contribution in [2.45, 2.75) is 32.2 Å². The number of carbonyl (C=O) groups is 3. The first-order chi connectivity index (χ1) is 12.8. The van der Waals surface area contributed by atoms with Gasteiger partial charge in [0.2, 0.25) is 5.91 Å². The fourth-order valence-corrected chi connectivity index (χ4v) is 3.20. The number of fused-ring (bicyclic) bond motifs is 1. The number of carbonyl (C=O) groups excluding carboxylic acids is 2. The average molecular weight is 370 g/mol. The maximum atomic E-state index is 14.4. The van der Waals surface area contributed by atoms with Crippen molar-refractivity contribution in [2.75, 3.05) is 5.32 Å². The van der Waals surface area contributed by atoms with E-state index in [2.05, 4.69) is 10.6 Å². The normalized spacial score (nSPS) is 14.1. The van der Waals surface area contributed by atoms with Crippen LogP contribution in [0.2, 0.25) is 0 Å². The Morgan fingerprint density at radius 1 is 1.26 bits per heavy atom. The van der Waals surface area contributed by atoms with Crippen molar-refractivity contribution in [1.82, 2.24) is 5.32 Å². The zero-order valence-electron chi connectivity index (χ0n) is 14.7. The number of hydrogen-bond acceptors (Lipinski definition) is 3. The molecule has 0 radical (unpaired) electrons. The monoisotopic (exact) mass is 370 g/mol. The van der Waals surface area contributed by atoms with Gasteiger partial charge in [-0.05, 0) is 42.2 Å². The van der Waals surface area contributed by atoms with Gasteiger partial charge in [0.05, 0.1) is 18.0 Å². The number of rotatable bonds is 5. The third-order valence-corrected chi connectivity index (χ3v) is 4.58. The predicted molar refractivity (Wildman–Crippen MR) is 97.0 cm³/mol. The highest BCUT2D eigenvalue weighted by Crippen LogP contribution is 2.27. The summed E-state index contributed by atoms with van der Waals surface area (Å²) in [5, 5.41) is 14.4. The molecular formula is C20H19FN2O4. The van der Waals surface area contributed by atoms with Gasteiger partial charge in [0.15, 0.2) is 0 Å². The second-order valence-electron chi connectivity index (χ2n) is 6.52. The van der Waals surface area contributed by atoms with Gasteiger partial charge in [-0.15, -0.1) is 0 Å². The first-order valence-corrected chi connectivity index (χ1v) is 8.55. The van der Waals surface area contributed by atoms with Crippen LogP contribution in [0, 0.1) is 12.7 Å². The van der Waals surface area contributed by atoms with Crippen molar-refractivity contribution in [2.24, 2.45) is 0 Å². The number of amides is 2. The van der Waals surface area contributed by atoms with Crippen molar-refractivity contribution >= 4 is 23.5 Å². The summed E-state index contributed by atoms with van der Waals surface area (Å²) in [7, 11) is 0. The van der Waals surface area contributed by atoms with Gasteiger partial charge in [-0.1, -0.05) is 24.3 Å². The molecule has 1 atom stereocenters. The minimum atomic E-state index is -1.07. The molecule has 0 aromatic heterocycles. The Hall–Kier alpha value is -3.22. The number of hydrogen-bond donors (Lipinski definition) is 3. The lowest BCUT2D eigenvalue weighted by molar-refractivity contribution is -0.137. The number of aryl methyl sites for hydroxylation is 2. The maximum Gasteiger partial charge on any atom is 0.305 e. The molecule has 0 saturated carbocycles. The summed E-state index contributed by atoms with van der Waals surface area (Å²) in [6, 6.07) is 8.88. The first-order valence-electron chi connectivity index (χ1n) is 8.55. The van der Waals surface area contributed by atoms with Gasteiger partial charge in [0, 0.05) is 12.1 Å². The third kappa shape index (κ3) is 4.13. The predicted octanol–water partition coefficient (Wildman–Crippen LogP) is 2.96. The molecule has 3 rings (SSSR count). The Balaban J connectivity index is 1.89. The zero-order chi connectivity index (χ0) is 19.6. The molecule has 2 amide bonds. The molecule has 7 heteroatoms. The number of carboxylic acids is 1. The van der Waals surface area contributed by atoms with Crippen LogP contribution in [0.25, 0.3) is 0 Å². The summed E-state index contributed by atoms with van der Waals surface area (Å²) in [5.74, 6) is -2.73. The quantitative estimate of drug-likeness (QED) is 0.754. The highest BCUT2D eigenvalue weighted by molar-refractivity contribution is 5.98. The number of nitrogens with one attached hydrogen (secondary N) is 2. The summed E-state index contributed by atoms with van der Waals surface area (Å²) < 4.78 is 14.4. The number of aliphatic carboxylic acids is 1. The summed E-state index contributed by atoms with van der Waals surface area (Å²) >= 11 is 0. The Kier molecular flexibility index (Phi) is 5.21.